The summed E-state index contributed by atoms with van der Waals surface area (Å²) in [5.74, 6) is -0.875. The number of halogens is 2. The van der Waals surface area contributed by atoms with E-state index in [1.165, 1.54) is 48.5 Å². The topological polar surface area (TPSA) is 58.6 Å². The van der Waals surface area contributed by atoms with Gasteiger partial charge in [0.15, 0.2) is 5.60 Å². The van der Waals surface area contributed by atoms with Gasteiger partial charge < -0.3 is 15.2 Å². The molecule has 2 rings (SSSR count). The fourth-order valence-electron chi connectivity index (χ4n) is 2.05. The summed E-state index contributed by atoms with van der Waals surface area (Å²) in [5, 5.41) is 12.6. The summed E-state index contributed by atoms with van der Waals surface area (Å²) in [7, 11) is 0. The second-order valence-electron chi connectivity index (χ2n) is 5.84. The highest BCUT2D eigenvalue weighted by Crippen LogP contribution is 2.19. The molecule has 0 aliphatic carbocycles. The zero-order valence-corrected chi connectivity index (χ0v) is 13.4. The summed E-state index contributed by atoms with van der Waals surface area (Å²) < 4.78 is 31.3. The van der Waals surface area contributed by atoms with Crippen molar-refractivity contribution < 1.29 is 23.4 Å². The largest absolute Gasteiger partial charge is 0.478 e. The Morgan fingerprint density at radius 1 is 1.08 bits per heavy atom. The normalized spacial score (nSPS) is 12.5. The standard InChI is InChI=1S/C18H19F2NO3/c1-18(2,24-15-9-7-14(20)8-10-15)17(23)21-11-16(22)12-3-5-13(19)6-4-12/h3-10,16,22H,11H2,1-2H3,(H,21,23). The summed E-state index contributed by atoms with van der Waals surface area (Å²) in [5.41, 5.74) is -0.714. The van der Waals surface area contributed by atoms with Gasteiger partial charge in [-0.2, -0.15) is 0 Å². The molecule has 128 valence electrons. The van der Waals surface area contributed by atoms with Crippen LogP contribution in [0.15, 0.2) is 48.5 Å². The molecule has 0 aliphatic rings. The fourth-order valence-corrected chi connectivity index (χ4v) is 2.05. The van der Waals surface area contributed by atoms with Crippen LogP contribution in [0.25, 0.3) is 0 Å². The number of rotatable bonds is 6. The van der Waals surface area contributed by atoms with Crippen LogP contribution in [0, 0.1) is 11.6 Å². The Kier molecular flexibility index (Phi) is 5.51. The second kappa shape index (κ2) is 7.40. The lowest BCUT2D eigenvalue weighted by atomic mass is 10.1. The van der Waals surface area contributed by atoms with E-state index in [-0.39, 0.29) is 6.54 Å². The molecule has 0 aromatic heterocycles. The molecule has 6 heteroatoms. The number of carbonyl (C=O) groups excluding carboxylic acids is 1. The van der Waals surface area contributed by atoms with E-state index in [0.717, 1.165) is 0 Å². The lowest BCUT2D eigenvalue weighted by Crippen LogP contribution is -2.47. The molecule has 2 aromatic carbocycles. The van der Waals surface area contributed by atoms with Crippen LogP contribution in [-0.4, -0.2) is 23.2 Å². The molecule has 0 bridgehead atoms. The Morgan fingerprint density at radius 2 is 1.58 bits per heavy atom. The van der Waals surface area contributed by atoms with Gasteiger partial charge in [0.2, 0.25) is 0 Å². The van der Waals surface area contributed by atoms with Crippen molar-refractivity contribution in [1.29, 1.82) is 0 Å². The molecular formula is C18H19F2NO3. The summed E-state index contributed by atoms with van der Waals surface area (Å²) in [6.45, 7) is 3.09. The minimum Gasteiger partial charge on any atom is -0.478 e. The van der Waals surface area contributed by atoms with Gasteiger partial charge in [-0.3, -0.25) is 4.79 Å². The van der Waals surface area contributed by atoms with Crippen LogP contribution >= 0.6 is 0 Å². The van der Waals surface area contributed by atoms with Gasteiger partial charge >= 0.3 is 0 Å². The molecule has 1 atom stereocenters. The molecule has 2 aromatic rings. The number of hydrogen-bond acceptors (Lipinski definition) is 3. The molecule has 0 saturated carbocycles. The van der Waals surface area contributed by atoms with E-state index in [1.54, 1.807) is 13.8 Å². The number of amides is 1. The molecule has 0 fully saturated rings. The smallest absolute Gasteiger partial charge is 0.263 e. The molecule has 0 radical (unpaired) electrons. The third kappa shape index (κ3) is 4.76. The van der Waals surface area contributed by atoms with Crippen LogP contribution in [0.1, 0.15) is 25.5 Å². The van der Waals surface area contributed by atoms with E-state index in [2.05, 4.69) is 5.32 Å². The van der Waals surface area contributed by atoms with Crippen LogP contribution in [0.3, 0.4) is 0 Å². The summed E-state index contributed by atoms with van der Waals surface area (Å²) in [6.07, 6.45) is -0.962. The Labute approximate surface area is 139 Å². The highest BCUT2D eigenvalue weighted by Gasteiger charge is 2.30. The first kappa shape index (κ1) is 17.9. The molecule has 1 unspecified atom stereocenters. The van der Waals surface area contributed by atoms with Crippen molar-refractivity contribution in [1.82, 2.24) is 5.32 Å². The van der Waals surface area contributed by atoms with Crippen LogP contribution in [-0.2, 0) is 4.79 Å². The lowest BCUT2D eigenvalue weighted by molar-refractivity contribution is -0.134. The molecule has 2 N–H and O–H groups in total. The number of aliphatic hydroxyl groups is 1. The zero-order chi connectivity index (χ0) is 17.7. The van der Waals surface area contributed by atoms with Gasteiger partial charge in [0.1, 0.15) is 17.4 Å². The third-order valence-corrected chi connectivity index (χ3v) is 3.44. The predicted octanol–water partition coefficient (Wildman–Crippen LogP) is 2.97. The summed E-state index contributed by atoms with van der Waals surface area (Å²) >= 11 is 0. The zero-order valence-electron chi connectivity index (χ0n) is 13.4. The number of ether oxygens (including phenoxy) is 1. The van der Waals surface area contributed by atoms with Crippen LogP contribution in [0.5, 0.6) is 5.75 Å². The van der Waals surface area contributed by atoms with Crippen molar-refractivity contribution in [3.63, 3.8) is 0 Å². The first-order chi connectivity index (χ1) is 11.3. The van der Waals surface area contributed by atoms with Crippen molar-refractivity contribution in [3.05, 3.63) is 65.7 Å². The van der Waals surface area contributed by atoms with Crippen molar-refractivity contribution in [2.75, 3.05) is 6.54 Å². The minimum absolute atomic E-state index is 0.0410. The van der Waals surface area contributed by atoms with E-state index in [1.807, 2.05) is 0 Å². The van der Waals surface area contributed by atoms with Crippen molar-refractivity contribution in [2.45, 2.75) is 25.6 Å². The van der Waals surface area contributed by atoms with E-state index in [4.69, 9.17) is 4.74 Å². The maximum absolute atomic E-state index is 12.9. The molecule has 0 saturated heterocycles. The SMILES string of the molecule is CC(C)(Oc1ccc(F)cc1)C(=O)NCC(O)c1ccc(F)cc1. The number of nitrogens with one attached hydrogen (secondary N) is 1. The van der Waals surface area contributed by atoms with Gasteiger partial charge in [-0.1, -0.05) is 12.1 Å². The van der Waals surface area contributed by atoms with Crippen molar-refractivity contribution in [3.8, 4) is 5.75 Å². The van der Waals surface area contributed by atoms with E-state index >= 15 is 0 Å². The molecule has 0 spiro atoms. The number of carbonyl (C=O) groups is 1. The van der Waals surface area contributed by atoms with E-state index in [9.17, 15) is 18.7 Å². The molecule has 1 amide bonds. The highest BCUT2D eigenvalue weighted by molar-refractivity contribution is 5.84. The van der Waals surface area contributed by atoms with Gasteiger partial charge in [-0.25, -0.2) is 8.78 Å². The Morgan fingerprint density at radius 3 is 2.12 bits per heavy atom. The average Bonchev–Trinajstić information content (AvgIpc) is 2.55. The molecule has 0 aliphatic heterocycles. The first-order valence-corrected chi connectivity index (χ1v) is 7.44. The number of benzene rings is 2. The summed E-state index contributed by atoms with van der Waals surface area (Å²) in [4.78, 5) is 12.2. The Hall–Kier alpha value is -2.47. The van der Waals surface area contributed by atoms with Gasteiger partial charge in [0.25, 0.3) is 5.91 Å². The maximum Gasteiger partial charge on any atom is 0.263 e. The number of aliphatic hydroxyl groups excluding tert-OH is 1. The second-order valence-corrected chi connectivity index (χ2v) is 5.84. The number of hydrogen-bond donors (Lipinski definition) is 2. The van der Waals surface area contributed by atoms with Gasteiger partial charge in [0.05, 0.1) is 6.10 Å². The molecular weight excluding hydrogens is 316 g/mol. The van der Waals surface area contributed by atoms with E-state index < -0.39 is 29.2 Å². The average molecular weight is 335 g/mol. The van der Waals surface area contributed by atoms with E-state index in [0.29, 0.717) is 11.3 Å². The van der Waals surface area contributed by atoms with Crippen molar-refractivity contribution >= 4 is 5.91 Å². The van der Waals surface area contributed by atoms with Crippen LogP contribution in [0.2, 0.25) is 0 Å². The quantitative estimate of drug-likeness (QED) is 0.853. The van der Waals surface area contributed by atoms with Gasteiger partial charge in [-0.05, 0) is 55.8 Å². The van der Waals surface area contributed by atoms with Crippen LogP contribution in [0.4, 0.5) is 8.78 Å². The lowest BCUT2D eigenvalue weighted by Gasteiger charge is -2.26. The molecule has 0 heterocycles. The Bertz CT molecular complexity index is 684. The van der Waals surface area contributed by atoms with Crippen molar-refractivity contribution in [2.24, 2.45) is 0 Å². The van der Waals surface area contributed by atoms with Gasteiger partial charge in [-0.15, -0.1) is 0 Å². The molecule has 24 heavy (non-hydrogen) atoms. The monoisotopic (exact) mass is 335 g/mol. The predicted molar refractivity (Wildman–Crippen MR) is 85.5 cm³/mol. The minimum atomic E-state index is -1.21. The fraction of sp³-hybridized carbons (Fsp3) is 0.278. The maximum atomic E-state index is 12.9. The third-order valence-electron chi connectivity index (χ3n) is 3.44. The van der Waals surface area contributed by atoms with Crippen LogP contribution < -0.4 is 10.1 Å². The summed E-state index contributed by atoms with van der Waals surface area (Å²) in [6, 6.07) is 10.7. The van der Waals surface area contributed by atoms with Gasteiger partial charge in [0, 0.05) is 6.54 Å². The molecule has 4 nitrogen and oxygen atoms in total. The first-order valence-electron chi connectivity index (χ1n) is 7.44. The Balaban J connectivity index is 1.92. The highest BCUT2D eigenvalue weighted by atomic mass is 19.1.